The average Bonchev–Trinajstić information content (AvgIpc) is 3.06. The van der Waals surface area contributed by atoms with Crippen molar-refractivity contribution in [2.75, 3.05) is 6.61 Å². The molecule has 1 aromatic heterocycles. The van der Waals surface area contributed by atoms with E-state index in [1.54, 1.807) is 4.88 Å². The summed E-state index contributed by atoms with van der Waals surface area (Å²) in [7, 11) is 0. The molecule has 1 aliphatic heterocycles. The molecule has 3 rings (SSSR count). The molecule has 1 saturated heterocycles. The van der Waals surface area contributed by atoms with Crippen molar-refractivity contribution in [3.05, 3.63) is 22.4 Å². The molecule has 22 heavy (non-hydrogen) atoms. The highest BCUT2D eigenvalue weighted by atomic mass is 32.1. The summed E-state index contributed by atoms with van der Waals surface area (Å²) in [4.78, 5) is 8.02. The molecule has 3 heteroatoms. The van der Waals surface area contributed by atoms with Gasteiger partial charge in [-0.25, -0.2) is 0 Å². The van der Waals surface area contributed by atoms with E-state index < -0.39 is 0 Å². The number of thiophene rings is 1. The van der Waals surface area contributed by atoms with E-state index in [9.17, 15) is 0 Å². The molecule has 1 saturated carbocycles. The molecule has 0 amide bonds. The maximum absolute atomic E-state index is 6.46. The number of hydroxylamine groups is 2. The number of hydrogen-bond acceptors (Lipinski definition) is 3. The van der Waals surface area contributed by atoms with Gasteiger partial charge in [0.1, 0.15) is 0 Å². The molecule has 2 fully saturated rings. The third kappa shape index (κ3) is 3.27. The Kier molecular flexibility index (Phi) is 4.69. The van der Waals surface area contributed by atoms with Gasteiger partial charge in [-0.3, -0.25) is 4.84 Å². The van der Waals surface area contributed by atoms with Crippen molar-refractivity contribution in [2.45, 2.75) is 83.2 Å². The van der Waals surface area contributed by atoms with Crippen LogP contribution in [0, 0.1) is 5.92 Å². The van der Waals surface area contributed by atoms with Gasteiger partial charge in [0.15, 0.2) is 0 Å². The maximum Gasteiger partial charge on any atom is 0.0719 e. The summed E-state index contributed by atoms with van der Waals surface area (Å²) >= 11 is 1.92. The smallest absolute Gasteiger partial charge is 0.0719 e. The molecule has 124 valence electrons. The number of rotatable bonds is 4. The van der Waals surface area contributed by atoms with E-state index in [0.717, 1.165) is 12.5 Å². The SMILES string of the molecule is CC1(C)CCCC(C)(C)N1OC[C@@H]1CCC[C@H]1c1cccs1. The highest BCUT2D eigenvalue weighted by Gasteiger charge is 2.43. The standard InChI is InChI=1S/C19H31NOS/c1-18(2)11-7-12-19(3,4)20(18)21-14-15-8-5-9-16(15)17-10-6-13-22-17/h6,10,13,15-16H,5,7-9,11-12,14H2,1-4H3/t15-,16+/m0/s1. The van der Waals surface area contributed by atoms with Gasteiger partial charge in [-0.2, -0.15) is 5.06 Å². The maximum atomic E-state index is 6.46. The van der Waals surface area contributed by atoms with Crippen LogP contribution < -0.4 is 0 Å². The second-order valence-corrected chi connectivity index (χ2v) is 9.36. The van der Waals surface area contributed by atoms with E-state index in [0.29, 0.717) is 5.92 Å². The fraction of sp³-hybridized carbons (Fsp3) is 0.789. The summed E-state index contributed by atoms with van der Waals surface area (Å²) in [6, 6.07) is 4.50. The predicted octanol–water partition coefficient (Wildman–Crippen LogP) is 5.61. The Balaban J connectivity index is 1.65. The number of nitrogens with zero attached hydrogens (tertiary/aromatic N) is 1. The molecule has 0 N–H and O–H groups in total. The topological polar surface area (TPSA) is 12.5 Å². The number of hydrogen-bond donors (Lipinski definition) is 0. The molecule has 1 aliphatic carbocycles. The van der Waals surface area contributed by atoms with E-state index >= 15 is 0 Å². The molecule has 2 atom stereocenters. The van der Waals surface area contributed by atoms with Gasteiger partial charge in [0, 0.05) is 16.0 Å². The molecule has 2 nitrogen and oxygen atoms in total. The van der Waals surface area contributed by atoms with E-state index in [1.807, 2.05) is 11.3 Å². The van der Waals surface area contributed by atoms with Crippen molar-refractivity contribution in [1.82, 2.24) is 5.06 Å². The first-order valence-electron chi connectivity index (χ1n) is 8.87. The number of piperidine rings is 1. The van der Waals surface area contributed by atoms with Gasteiger partial charge in [-0.15, -0.1) is 11.3 Å². The molecule has 0 spiro atoms. The molecule has 0 bridgehead atoms. The average molecular weight is 322 g/mol. The van der Waals surface area contributed by atoms with E-state index in [2.05, 4.69) is 50.3 Å². The Morgan fingerprint density at radius 2 is 1.86 bits per heavy atom. The monoisotopic (exact) mass is 321 g/mol. The van der Waals surface area contributed by atoms with Gasteiger partial charge in [0.25, 0.3) is 0 Å². The molecule has 2 heterocycles. The minimum absolute atomic E-state index is 0.152. The summed E-state index contributed by atoms with van der Waals surface area (Å²) < 4.78 is 0. The Hall–Kier alpha value is -0.380. The van der Waals surface area contributed by atoms with Crippen LogP contribution in [0.1, 0.15) is 77.0 Å². The summed E-state index contributed by atoms with van der Waals surface area (Å²) in [6.07, 6.45) is 7.77. The zero-order valence-electron chi connectivity index (χ0n) is 14.6. The normalized spacial score (nSPS) is 31.5. The van der Waals surface area contributed by atoms with Crippen molar-refractivity contribution < 1.29 is 4.84 Å². The molecule has 2 aliphatic rings. The predicted molar refractivity (Wildman–Crippen MR) is 94.2 cm³/mol. The summed E-state index contributed by atoms with van der Waals surface area (Å²) in [6.45, 7) is 10.2. The van der Waals surface area contributed by atoms with Crippen molar-refractivity contribution >= 4 is 11.3 Å². The molecule has 0 radical (unpaired) electrons. The summed E-state index contributed by atoms with van der Waals surface area (Å²) in [5.74, 6) is 1.41. The van der Waals surface area contributed by atoms with Crippen LogP contribution in [-0.4, -0.2) is 22.7 Å². The molecule has 0 unspecified atom stereocenters. The lowest BCUT2D eigenvalue weighted by Crippen LogP contribution is -2.58. The third-order valence-electron chi connectivity index (χ3n) is 5.66. The Morgan fingerprint density at radius 1 is 1.14 bits per heavy atom. The fourth-order valence-electron chi connectivity index (χ4n) is 4.61. The van der Waals surface area contributed by atoms with Crippen molar-refractivity contribution in [3.63, 3.8) is 0 Å². The van der Waals surface area contributed by atoms with Crippen LogP contribution in [0.15, 0.2) is 17.5 Å². The van der Waals surface area contributed by atoms with Crippen molar-refractivity contribution in [2.24, 2.45) is 5.92 Å². The summed E-state index contributed by atoms with van der Waals surface area (Å²) in [5.41, 5.74) is 0.303. The highest BCUT2D eigenvalue weighted by Crippen LogP contribution is 2.43. The van der Waals surface area contributed by atoms with Crippen molar-refractivity contribution in [3.8, 4) is 0 Å². The van der Waals surface area contributed by atoms with Crippen LogP contribution in [0.3, 0.4) is 0 Å². The van der Waals surface area contributed by atoms with Crippen LogP contribution in [-0.2, 0) is 4.84 Å². The molecular formula is C19H31NOS. The molecule has 1 aromatic rings. The zero-order chi connectivity index (χ0) is 15.8. The van der Waals surface area contributed by atoms with E-state index in [1.165, 1.54) is 38.5 Å². The zero-order valence-corrected chi connectivity index (χ0v) is 15.4. The third-order valence-corrected chi connectivity index (χ3v) is 6.67. The van der Waals surface area contributed by atoms with Gasteiger partial charge in [0.05, 0.1) is 6.61 Å². The van der Waals surface area contributed by atoms with Crippen LogP contribution in [0.5, 0.6) is 0 Å². The van der Waals surface area contributed by atoms with Gasteiger partial charge in [-0.05, 0) is 83.1 Å². The lowest BCUT2D eigenvalue weighted by atomic mass is 9.82. The Morgan fingerprint density at radius 3 is 2.50 bits per heavy atom. The van der Waals surface area contributed by atoms with Gasteiger partial charge in [0.2, 0.25) is 0 Å². The summed E-state index contributed by atoms with van der Waals surface area (Å²) in [5, 5.41) is 4.54. The highest BCUT2D eigenvalue weighted by molar-refractivity contribution is 7.10. The Labute approximate surface area is 139 Å². The first-order valence-corrected chi connectivity index (χ1v) is 9.75. The minimum atomic E-state index is 0.152. The largest absolute Gasteiger partial charge is 0.298 e. The van der Waals surface area contributed by atoms with Gasteiger partial charge in [-0.1, -0.05) is 12.5 Å². The van der Waals surface area contributed by atoms with Gasteiger partial charge < -0.3 is 0 Å². The lowest BCUT2D eigenvalue weighted by molar-refractivity contribution is -0.286. The fourth-order valence-corrected chi connectivity index (χ4v) is 5.57. The van der Waals surface area contributed by atoms with Crippen LogP contribution in [0.4, 0.5) is 0 Å². The van der Waals surface area contributed by atoms with E-state index in [-0.39, 0.29) is 11.1 Å². The molecular weight excluding hydrogens is 290 g/mol. The lowest BCUT2D eigenvalue weighted by Gasteiger charge is -2.51. The Bertz CT molecular complexity index is 464. The van der Waals surface area contributed by atoms with Gasteiger partial charge >= 0.3 is 0 Å². The van der Waals surface area contributed by atoms with Crippen LogP contribution in [0.25, 0.3) is 0 Å². The second kappa shape index (κ2) is 6.26. The van der Waals surface area contributed by atoms with Crippen LogP contribution in [0.2, 0.25) is 0 Å². The van der Waals surface area contributed by atoms with Crippen LogP contribution >= 0.6 is 11.3 Å². The minimum Gasteiger partial charge on any atom is -0.298 e. The van der Waals surface area contributed by atoms with E-state index in [4.69, 9.17) is 4.84 Å². The second-order valence-electron chi connectivity index (χ2n) is 8.38. The molecule has 0 aromatic carbocycles. The van der Waals surface area contributed by atoms with Crippen molar-refractivity contribution in [1.29, 1.82) is 0 Å². The quantitative estimate of drug-likeness (QED) is 0.715. The first-order chi connectivity index (χ1) is 10.4. The first kappa shape index (κ1) is 16.5.